The lowest BCUT2D eigenvalue weighted by Crippen LogP contribution is -2.51. The molecule has 1 N–H and O–H groups in total. The second-order valence-electron chi connectivity index (χ2n) is 9.35. The van der Waals surface area contributed by atoms with Gasteiger partial charge in [0.25, 0.3) is 5.91 Å². The molecule has 2 aliphatic heterocycles. The predicted octanol–water partition coefficient (Wildman–Crippen LogP) is 2.86. The Balaban J connectivity index is 1.55. The number of piperazine rings is 1. The fraction of sp³-hybridized carbons (Fsp3) is 0.520. The third-order valence-electron chi connectivity index (χ3n) is 6.47. The van der Waals surface area contributed by atoms with Crippen molar-refractivity contribution >= 4 is 35.1 Å². The topological polar surface area (TPSA) is 90.9 Å². The molecule has 1 aliphatic carbocycles. The second-order valence-corrected chi connectivity index (χ2v) is 9.76. The minimum absolute atomic E-state index is 0.0285. The van der Waals surface area contributed by atoms with Crippen LogP contribution >= 0.6 is 11.6 Å². The number of amides is 1. The highest BCUT2D eigenvalue weighted by Crippen LogP contribution is 2.33. The van der Waals surface area contributed by atoms with Crippen LogP contribution in [0.5, 0.6) is 0 Å². The number of nitrogens with zero attached hydrogens (tertiary/aromatic N) is 5. The van der Waals surface area contributed by atoms with Crippen molar-refractivity contribution in [2.45, 2.75) is 39.3 Å². The van der Waals surface area contributed by atoms with Crippen LogP contribution in [0.15, 0.2) is 42.0 Å². The average molecular weight is 501 g/mol. The molecule has 1 amide bonds. The minimum atomic E-state index is -0.199. The Hall–Kier alpha value is -2.91. The van der Waals surface area contributed by atoms with Crippen molar-refractivity contribution in [2.75, 3.05) is 50.1 Å². The standard InChI is InChI=1S/C25H33ClN6O3/c1-5-19(33)15-35-22-13-17-12-18(6-7-21(17)32(16(2)3)24(22)34)28-23-20(26)14-27-25(29-23)31-10-8-30(4)9-11-31/h6-7,12-14,16-17,21H,5,8-11,15H2,1-4H3,(H,27,28,29). The molecule has 0 aromatic carbocycles. The first kappa shape index (κ1) is 25.2. The summed E-state index contributed by atoms with van der Waals surface area (Å²) >= 11 is 6.42. The number of rotatable bonds is 8. The first-order valence-electron chi connectivity index (χ1n) is 12.1. The molecule has 2 unspecified atom stereocenters. The summed E-state index contributed by atoms with van der Waals surface area (Å²) in [5.41, 5.74) is 0.814. The lowest BCUT2D eigenvalue weighted by molar-refractivity contribution is -0.137. The third-order valence-corrected chi connectivity index (χ3v) is 6.75. The van der Waals surface area contributed by atoms with Crippen molar-refractivity contribution in [1.82, 2.24) is 19.8 Å². The summed E-state index contributed by atoms with van der Waals surface area (Å²) in [7, 11) is 2.11. The maximum Gasteiger partial charge on any atom is 0.289 e. The smallest absolute Gasteiger partial charge is 0.289 e. The number of ether oxygens (including phenoxy) is 1. The number of fused-ring (bicyclic) bond motifs is 1. The van der Waals surface area contributed by atoms with Gasteiger partial charge in [-0.3, -0.25) is 9.59 Å². The van der Waals surface area contributed by atoms with E-state index in [1.54, 1.807) is 24.1 Å². The van der Waals surface area contributed by atoms with E-state index in [-0.39, 0.29) is 42.1 Å². The molecule has 1 aromatic heterocycles. The number of anilines is 2. The van der Waals surface area contributed by atoms with E-state index in [0.717, 1.165) is 31.9 Å². The van der Waals surface area contributed by atoms with Gasteiger partial charge in [0.15, 0.2) is 17.4 Å². The molecule has 10 heteroatoms. The van der Waals surface area contributed by atoms with E-state index < -0.39 is 0 Å². The van der Waals surface area contributed by atoms with Crippen LogP contribution in [0.1, 0.15) is 27.2 Å². The number of hydrogen-bond donors (Lipinski definition) is 1. The first-order chi connectivity index (χ1) is 16.8. The van der Waals surface area contributed by atoms with Gasteiger partial charge in [-0.25, -0.2) is 4.98 Å². The van der Waals surface area contributed by atoms with Crippen LogP contribution in [0.3, 0.4) is 0 Å². The molecule has 1 fully saturated rings. The summed E-state index contributed by atoms with van der Waals surface area (Å²) in [5.74, 6) is 1.03. The Kier molecular flexibility index (Phi) is 7.76. The van der Waals surface area contributed by atoms with E-state index >= 15 is 0 Å². The van der Waals surface area contributed by atoms with Gasteiger partial charge >= 0.3 is 0 Å². The number of Topliss-reactive ketones (excluding diaryl/α,β-unsaturated/α-hetero) is 1. The molecule has 3 aliphatic rings. The van der Waals surface area contributed by atoms with Gasteiger partial charge in [-0.15, -0.1) is 0 Å². The minimum Gasteiger partial charge on any atom is -0.480 e. The summed E-state index contributed by atoms with van der Waals surface area (Å²) in [6.45, 7) is 9.25. The van der Waals surface area contributed by atoms with Crippen LogP contribution in [0.25, 0.3) is 0 Å². The third kappa shape index (κ3) is 5.67. The molecule has 0 spiro atoms. The van der Waals surface area contributed by atoms with E-state index in [2.05, 4.69) is 32.1 Å². The maximum absolute atomic E-state index is 13.1. The zero-order valence-electron chi connectivity index (χ0n) is 20.7. The van der Waals surface area contributed by atoms with Gasteiger partial charge in [0.2, 0.25) is 5.95 Å². The lowest BCUT2D eigenvalue weighted by atomic mass is 9.87. The summed E-state index contributed by atoms with van der Waals surface area (Å²) in [5, 5.41) is 3.76. The molecule has 0 radical (unpaired) electrons. The SMILES string of the molecule is CCC(=O)COC1=CC2C=C(Nc3nc(N4CCN(C)CC4)ncc3Cl)C=CC2N(C(C)C)C1=O. The number of halogens is 1. The molecule has 3 heterocycles. The van der Waals surface area contributed by atoms with E-state index in [9.17, 15) is 9.59 Å². The molecular weight excluding hydrogens is 468 g/mol. The summed E-state index contributed by atoms with van der Waals surface area (Å²) in [6, 6.07) is -0.164. The number of allylic oxidation sites excluding steroid dienone is 1. The zero-order valence-corrected chi connectivity index (χ0v) is 21.5. The van der Waals surface area contributed by atoms with Gasteiger partial charge in [0.05, 0.1) is 12.2 Å². The molecule has 0 bridgehead atoms. The molecule has 9 nitrogen and oxygen atoms in total. The highest BCUT2D eigenvalue weighted by atomic mass is 35.5. The van der Waals surface area contributed by atoms with Crippen molar-refractivity contribution in [2.24, 2.45) is 5.92 Å². The fourth-order valence-electron chi connectivity index (χ4n) is 4.40. The summed E-state index contributed by atoms with van der Waals surface area (Å²) in [4.78, 5) is 40.2. The Labute approximate surface area is 211 Å². The number of ketones is 1. The van der Waals surface area contributed by atoms with Gasteiger partial charge in [-0.2, -0.15) is 4.98 Å². The van der Waals surface area contributed by atoms with Crippen molar-refractivity contribution in [3.8, 4) is 0 Å². The summed E-state index contributed by atoms with van der Waals surface area (Å²) < 4.78 is 5.64. The second kappa shape index (κ2) is 10.8. The Morgan fingerprint density at radius 3 is 2.69 bits per heavy atom. The number of hydrogen-bond acceptors (Lipinski definition) is 8. The number of nitrogens with one attached hydrogen (secondary N) is 1. The highest BCUT2D eigenvalue weighted by molar-refractivity contribution is 6.32. The van der Waals surface area contributed by atoms with E-state index in [4.69, 9.17) is 16.3 Å². The number of carbonyl (C=O) groups is 2. The average Bonchev–Trinajstić information content (AvgIpc) is 2.84. The number of aromatic nitrogens is 2. The van der Waals surface area contributed by atoms with Crippen LogP contribution in [0.4, 0.5) is 11.8 Å². The van der Waals surface area contributed by atoms with Crippen molar-refractivity contribution in [3.05, 3.63) is 47.0 Å². The van der Waals surface area contributed by atoms with Gasteiger partial charge < -0.3 is 24.8 Å². The normalized spacial score (nSPS) is 22.6. The molecule has 188 valence electrons. The molecule has 1 aromatic rings. The molecular formula is C25H33ClN6O3. The number of carbonyl (C=O) groups excluding carboxylic acids is 2. The molecule has 35 heavy (non-hydrogen) atoms. The zero-order chi connectivity index (χ0) is 25.1. The van der Waals surface area contributed by atoms with Crippen molar-refractivity contribution < 1.29 is 14.3 Å². The lowest BCUT2D eigenvalue weighted by Gasteiger charge is -2.41. The quantitative estimate of drug-likeness (QED) is 0.582. The van der Waals surface area contributed by atoms with Crippen LogP contribution in [0, 0.1) is 5.92 Å². The van der Waals surface area contributed by atoms with Gasteiger partial charge in [-0.1, -0.05) is 30.7 Å². The van der Waals surface area contributed by atoms with Crippen molar-refractivity contribution in [1.29, 1.82) is 0 Å². The number of likely N-dealkylation sites (N-methyl/N-ethyl adjacent to an activating group) is 1. The Morgan fingerprint density at radius 2 is 2.00 bits per heavy atom. The highest BCUT2D eigenvalue weighted by Gasteiger charge is 2.38. The molecule has 4 rings (SSSR count). The van der Waals surface area contributed by atoms with Gasteiger partial charge in [0.1, 0.15) is 11.6 Å². The Bertz CT molecular complexity index is 1060. The monoisotopic (exact) mass is 500 g/mol. The largest absolute Gasteiger partial charge is 0.480 e. The van der Waals surface area contributed by atoms with E-state index in [0.29, 0.717) is 23.2 Å². The molecule has 2 atom stereocenters. The van der Waals surface area contributed by atoms with Crippen LogP contribution < -0.4 is 10.2 Å². The van der Waals surface area contributed by atoms with Crippen molar-refractivity contribution in [3.63, 3.8) is 0 Å². The van der Waals surface area contributed by atoms with Crippen LogP contribution in [0.2, 0.25) is 5.02 Å². The predicted molar refractivity (Wildman–Crippen MR) is 136 cm³/mol. The van der Waals surface area contributed by atoms with Gasteiger partial charge in [-0.05, 0) is 33.0 Å². The summed E-state index contributed by atoms with van der Waals surface area (Å²) in [6.07, 6.45) is 9.78. The van der Waals surface area contributed by atoms with Gasteiger partial charge in [0, 0.05) is 50.3 Å². The van der Waals surface area contributed by atoms with E-state index in [1.807, 2.05) is 32.1 Å². The van der Waals surface area contributed by atoms with E-state index in [1.165, 1.54) is 0 Å². The Morgan fingerprint density at radius 1 is 1.26 bits per heavy atom. The van der Waals surface area contributed by atoms with Crippen LogP contribution in [-0.4, -0.2) is 83.4 Å². The fourth-order valence-corrected chi connectivity index (χ4v) is 4.54. The molecule has 1 saturated heterocycles. The molecule has 0 saturated carbocycles. The first-order valence-corrected chi connectivity index (χ1v) is 12.5. The maximum atomic E-state index is 13.1. The van der Waals surface area contributed by atoms with Crippen LogP contribution in [-0.2, 0) is 14.3 Å².